The average Bonchev–Trinajstić information content (AvgIpc) is 3.23. The van der Waals surface area contributed by atoms with E-state index in [1.165, 1.54) is 16.3 Å². The molecule has 1 aliphatic heterocycles. The Labute approximate surface area is 206 Å². The number of hydrogen-bond donors (Lipinski definition) is 2. The zero-order chi connectivity index (χ0) is 24.9. The molecule has 0 atom stereocenters. The third-order valence-corrected chi connectivity index (χ3v) is 6.54. The Hall–Kier alpha value is -3.38. The highest BCUT2D eigenvalue weighted by atomic mass is 32.2. The predicted octanol–water partition coefficient (Wildman–Crippen LogP) is 1.23. The minimum Gasteiger partial charge on any atom is -0.384 e. The van der Waals surface area contributed by atoms with Crippen LogP contribution in [0, 0.1) is 5.92 Å². The minimum atomic E-state index is -0.780. The molecule has 1 aliphatic rings. The van der Waals surface area contributed by atoms with Gasteiger partial charge in [0, 0.05) is 19.6 Å². The second-order valence-corrected chi connectivity index (χ2v) is 9.63. The lowest BCUT2D eigenvalue weighted by atomic mass is 10.2. The Balaban J connectivity index is 1.60. The number of hydrogen-bond acceptors (Lipinski definition) is 9. The molecule has 3 heterocycles. The minimum absolute atomic E-state index is 0.0802. The molecule has 1 aromatic carbocycles. The van der Waals surface area contributed by atoms with Gasteiger partial charge < -0.3 is 15.4 Å². The zero-order valence-corrected chi connectivity index (χ0v) is 20.6. The fourth-order valence-electron chi connectivity index (χ4n) is 3.90. The van der Waals surface area contributed by atoms with Gasteiger partial charge in [0.25, 0.3) is 5.56 Å². The van der Waals surface area contributed by atoms with Crippen molar-refractivity contribution in [2.45, 2.75) is 32.1 Å². The third-order valence-electron chi connectivity index (χ3n) is 5.57. The first-order valence-electron chi connectivity index (χ1n) is 11.4. The normalized spacial score (nSPS) is 14.0. The number of rotatable bonds is 9. The van der Waals surface area contributed by atoms with Gasteiger partial charge in [0.05, 0.1) is 25.5 Å². The molecule has 0 unspecified atom stereocenters. The van der Waals surface area contributed by atoms with Crippen molar-refractivity contribution in [3.8, 4) is 0 Å². The number of aromatic nitrogens is 5. The third kappa shape index (κ3) is 5.65. The lowest BCUT2D eigenvalue weighted by molar-refractivity contribution is 0.102. The van der Waals surface area contributed by atoms with Crippen LogP contribution in [-0.2, 0) is 17.8 Å². The average molecular weight is 500 g/mol. The molecule has 4 rings (SSSR count). The molecule has 0 spiro atoms. The van der Waals surface area contributed by atoms with Gasteiger partial charge in [0.15, 0.2) is 10.9 Å². The molecule has 12 heteroatoms. The fourth-order valence-corrected chi connectivity index (χ4v) is 4.70. The molecule has 1 fully saturated rings. The molecule has 0 aliphatic carbocycles. The molecule has 35 heavy (non-hydrogen) atoms. The summed E-state index contributed by atoms with van der Waals surface area (Å²) in [7, 11) is 0. The van der Waals surface area contributed by atoms with Crippen LogP contribution in [0.15, 0.2) is 45.1 Å². The Morgan fingerprint density at radius 3 is 2.54 bits per heavy atom. The molecule has 3 N–H and O–H groups in total. The highest BCUT2D eigenvalue weighted by molar-refractivity contribution is 7.99. The van der Waals surface area contributed by atoms with E-state index in [1.807, 2.05) is 48.7 Å². The van der Waals surface area contributed by atoms with Gasteiger partial charge in [0.1, 0.15) is 11.4 Å². The van der Waals surface area contributed by atoms with Crippen molar-refractivity contribution in [2.24, 2.45) is 5.92 Å². The van der Waals surface area contributed by atoms with E-state index in [1.54, 1.807) is 0 Å². The number of thioether (sulfide) groups is 1. The van der Waals surface area contributed by atoms with Crippen molar-refractivity contribution < 1.29 is 9.53 Å². The van der Waals surface area contributed by atoms with Crippen LogP contribution < -0.4 is 21.9 Å². The molecule has 1 saturated heterocycles. The number of nitrogens with zero attached hydrogens (tertiary/aromatic N) is 5. The molecule has 0 bridgehead atoms. The van der Waals surface area contributed by atoms with Gasteiger partial charge in [-0.2, -0.15) is 0 Å². The fraction of sp³-hybridized carbons (Fsp3) is 0.435. The van der Waals surface area contributed by atoms with Crippen molar-refractivity contribution in [2.75, 3.05) is 42.7 Å². The first-order chi connectivity index (χ1) is 16.8. The van der Waals surface area contributed by atoms with Gasteiger partial charge in [-0.25, -0.2) is 4.79 Å². The highest BCUT2D eigenvalue weighted by Crippen LogP contribution is 2.25. The van der Waals surface area contributed by atoms with Crippen LogP contribution in [0.1, 0.15) is 29.8 Å². The number of nitrogen functional groups attached to an aromatic ring is 1. The van der Waals surface area contributed by atoms with Crippen molar-refractivity contribution in [1.82, 2.24) is 24.3 Å². The smallest absolute Gasteiger partial charge is 0.329 e. The van der Waals surface area contributed by atoms with E-state index in [4.69, 9.17) is 10.5 Å². The van der Waals surface area contributed by atoms with E-state index in [0.29, 0.717) is 50.5 Å². The lowest BCUT2D eigenvalue weighted by Crippen LogP contribution is -2.38. The number of aromatic amines is 1. The van der Waals surface area contributed by atoms with Crippen LogP contribution in [0.3, 0.4) is 0 Å². The number of anilines is 2. The highest BCUT2D eigenvalue weighted by Gasteiger charge is 2.24. The Morgan fingerprint density at radius 2 is 1.86 bits per heavy atom. The van der Waals surface area contributed by atoms with Gasteiger partial charge in [-0.05, 0) is 11.5 Å². The second-order valence-electron chi connectivity index (χ2n) is 8.69. The quantitative estimate of drug-likeness (QED) is 0.328. The van der Waals surface area contributed by atoms with E-state index in [2.05, 4.69) is 20.1 Å². The van der Waals surface area contributed by atoms with Crippen molar-refractivity contribution >= 4 is 29.3 Å². The molecule has 2 aromatic heterocycles. The number of benzene rings is 1. The molecular weight excluding hydrogens is 470 g/mol. The standard InChI is InChI=1S/C23H29N7O4S/c1-15(2)12-29-19(24)18(20(32)25-22(29)33)17(31)14-35-23-27-26-21(28-8-10-34-11-9-28)30(23)13-16-6-4-3-5-7-16/h3-7,15H,8-14,24H2,1-2H3,(H,25,32,33). The van der Waals surface area contributed by atoms with Crippen LogP contribution in [0.2, 0.25) is 0 Å². The van der Waals surface area contributed by atoms with Gasteiger partial charge in [0.2, 0.25) is 5.95 Å². The van der Waals surface area contributed by atoms with Gasteiger partial charge >= 0.3 is 5.69 Å². The number of morpholine rings is 1. The molecule has 3 aromatic rings. The molecule has 0 amide bonds. The maximum absolute atomic E-state index is 13.1. The topological polar surface area (TPSA) is 141 Å². The van der Waals surface area contributed by atoms with Crippen LogP contribution in [-0.4, -0.2) is 62.2 Å². The number of carbonyl (C=O) groups is 1. The second kappa shape index (κ2) is 10.9. The number of H-pyrrole nitrogens is 1. The van der Waals surface area contributed by atoms with Crippen LogP contribution >= 0.6 is 11.8 Å². The Bertz CT molecular complexity index is 1290. The first-order valence-corrected chi connectivity index (χ1v) is 12.4. The zero-order valence-electron chi connectivity index (χ0n) is 19.8. The van der Waals surface area contributed by atoms with Crippen molar-refractivity contribution in [1.29, 1.82) is 0 Å². The van der Waals surface area contributed by atoms with Crippen molar-refractivity contribution in [3.05, 3.63) is 62.3 Å². The molecule has 0 saturated carbocycles. The largest absolute Gasteiger partial charge is 0.384 e. The van der Waals surface area contributed by atoms with Crippen molar-refractivity contribution in [3.63, 3.8) is 0 Å². The van der Waals surface area contributed by atoms with Crippen LogP contribution in [0.5, 0.6) is 0 Å². The maximum Gasteiger partial charge on any atom is 0.329 e. The van der Waals surface area contributed by atoms with Crippen LogP contribution in [0.25, 0.3) is 0 Å². The van der Waals surface area contributed by atoms with Crippen LogP contribution in [0.4, 0.5) is 11.8 Å². The summed E-state index contributed by atoms with van der Waals surface area (Å²) >= 11 is 1.18. The number of ether oxygens (including phenoxy) is 1. The van der Waals surface area contributed by atoms with Gasteiger partial charge in [-0.1, -0.05) is 55.9 Å². The summed E-state index contributed by atoms with van der Waals surface area (Å²) in [6.45, 7) is 7.25. The Morgan fingerprint density at radius 1 is 1.14 bits per heavy atom. The number of carbonyl (C=O) groups excluding carboxylic acids is 1. The molecule has 0 radical (unpaired) electrons. The first kappa shape index (κ1) is 24.7. The lowest BCUT2D eigenvalue weighted by Gasteiger charge is -2.28. The van der Waals surface area contributed by atoms with E-state index < -0.39 is 17.0 Å². The summed E-state index contributed by atoms with van der Waals surface area (Å²) in [5.41, 5.74) is 5.55. The summed E-state index contributed by atoms with van der Waals surface area (Å²) in [4.78, 5) is 42.0. The van der Waals surface area contributed by atoms with E-state index in [0.717, 1.165) is 5.56 Å². The summed E-state index contributed by atoms with van der Waals surface area (Å²) in [5.74, 6) is 0.137. The summed E-state index contributed by atoms with van der Waals surface area (Å²) < 4.78 is 8.66. The molecule has 186 valence electrons. The molecular formula is C23H29N7O4S. The Kier molecular flexibility index (Phi) is 7.71. The van der Waals surface area contributed by atoms with E-state index >= 15 is 0 Å². The SMILES string of the molecule is CC(C)Cn1c(N)c(C(=O)CSc2nnc(N3CCOCC3)n2Cc2ccccc2)c(=O)[nH]c1=O. The number of Topliss-reactive ketones (excluding diaryl/α,β-unsaturated/α-hetero) is 1. The summed E-state index contributed by atoms with van der Waals surface area (Å²) in [6, 6.07) is 9.91. The summed E-state index contributed by atoms with van der Waals surface area (Å²) in [5, 5.41) is 9.28. The van der Waals surface area contributed by atoms with E-state index in [9.17, 15) is 14.4 Å². The number of nitrogens with one attached hydrogen (secondary N) is 1. The van der Waals surface area contributed by atoms with Gasteiger partial charge in [-0.3, -0.25) is 23.7 Å². The van der Waals surface area contributed by atoms with E-state index in [-0.39, 0.29) is 23.1 Å². The number of nitrogens with two attached hydrogens (primary N) is 1. The molecule has 11 nitrogen and oxygen atoms in total. The predicted molar refractivity (Wildman–Crippen MR) is 134 cm³/mol. The van der Waals surface area contributed by atoms with Gasteiger partial charge in [-0.15, -0.1) is 10.2 Å². The monoisotopic (exact) mass is 499 g/mol. The maximum atomic E-state index is 13.1. The summed E-state index contributed by atoms with van der Waals surface area (Å²) in [6.07, 6.45) is 0. The number of ketones is 1.